The highest BCUT2D eigenvalue weighted by atomic mass is 16.5. The normalized spacial score (nSPS) is 22.5. The Labute approximate surface area is 123 Å². The second kappa shape index (κ2) is 11.5. The second-order valence-corrected chi connectivity index (χ2v) is 5.45. The minimum Gasteiger partial charge on any atom is -0.382 e. The van der Waals surface area contributed by atoms with Crippen LogP contribution in [0.2, 0.25) is 0 Å². The molecule has 1 atom stereocenters. The molecule has 1 aliphatic heterocycles. The third-order valence-corrected chi connectivity index (χ3v) is 3.69. The largest absolute Gasteiger partial charge is 0.382 e. The molecule has 0 saturated carbocycles. The summed E-state index contributed by atoms with van der Waals surface area (Å²) in [6.07, 6.45) is 3.37. The van der Waals surface area contributed by atoms with Gasteiger partial charge in [0.15, 0.2) is 0 Å². The first-order chi connectivity index (χ1) is 9.83. The zero-order chi connectivity index (χ0) is 14.5. The summed E-state index contributed by atoms with van der Waals surface area (Å²) in [6, 6.07) is 0. The average Bonchev–Trinajstić information content (AvgIpc) is 2.91. The van der Waals surface area contributed by atoms with Crippen LogP contribution in [0.25, 0.3) is 0 Å². The van der Waals surface area contributed by atoms with Crippen molar-refractivity contribution in [3.05, 3.63) is 0 Å². The lowest BCUT2D eigenvalue weighted by Gasteiger charge is -2.27. The Hall–Kier alpha value is -0.200. The van der Waals surface area contributed by atoms with Gasteiger partial charge in [-0.3, -0.25) is 0 Å². The van der Waals surface area contributed by atoms with E-state index in [1.54, 1.807) is 7.11 Å². The van der Waals surface area contributed by atoms with Crippen molar-refractivity contribution in [2.75, 3.05) is 66.4 Å². The Morgan fingerprint density at radius 1 is 1.10 bits per heavy atom. The first kappa shape index (κ1) is 17.9. The molecule has 1 heterocycles. The molecule has 0 radical (unpaired) electrons. The van der Waals surface area contributed by atoms with Crippen molar-refractivity contribution < 1.29 is 18.9 Å². The highest BCUT2D eigenvalue weighted by Gasteiger charge is 2.34. The van der Waals surface area contributed by atoms with Crippen molar-refractivity contribution in [2.24, 2.45) is 5.41 Å². The zero-order valence-electron chi connectivity index (χ0n) is 13.1. The molecule has 1 rings (SSSR count). The third kappa shape index (κ3) is 7.55. The van der Waals surface area contributed by atoms with Crippen molar-refractivity contribution in [3.63, 3.8) is 0 Å². The Kier molecular flexibility index (Phi) is 10.2. The molecule has 120 valence electrons. The molecular weight excluding hydrogens is 258 g/mol. The van der Waals surface area contributed by atoms with Gasteiger partial charge in [0.2, 0.25) is 0 Å². The summed E-state index contributed by atoms with van der Waals surface area (Å²) in [5.74, 6) is 0. The molecule has 5 heteroatoms. The summed E-state index contributed by atoms with van der Waals surface area (Å²) >= 11 is 0. The second-order valence-electron chi connectivity index (χ2n) is 5.45. The smallest absolute Gasteiger partial charge is 0.0701 e. The molecule has 20 heavy (non-hydrogen) atoms. The van der Waals surface area contributed by atoms with Crippen molar-refractivity contribution in [1.29, 1.82) is 0 Å². The first-order valence-corrected chi connectivity index (χ1v) is 7.76. The van der Waals surface area contributed by atoms with Crippen LogP contribution in [0.4, 0.5) is 0 Å². The molecule has 5 nitrogen and oxygen atoms in total. The van der Waals surface area contributed by atoms with E-state index in [0.29, 0.717) is 26.4 Å². The maximum absolute atomic E-state index is 5.66. The molecule has 1 aliphatic rings. The number of nitrogens with one attached hydrogen (secondary N) is 1. The molecule has 1 fully saturated rings. The molecule has 0 aromatic heterocycles. The van der Waals surface area contributed by atoms with Gasteiger partial charge in [0.05, 0.1) is 33.0 Å². The van der Waals surface area contributed by atoms with E-state index in [2.05, 4.69) is 12.2 Å². The molecule has 1 saturated heterocycles. The maximum atomic E-state index is 5.66. The lowest BCUT2D eigenvalue weighted by molar-refractivity contribution is 0.0152. The van der Waals surface area contributed by atoms with Gasteiger partial charge < -0.3 is 24.3 Å². The van der Waals surface area contributed by atoms with Crippen LogP contribution in [0, 0.1) is 5.41 Å². The quantitative estimate of drug-likeness (QED) is 0.520. The highest BCUT2D eigenvalue weighted by molar-refractivity contribution is 4.85. The molecule has 0 bridgehead atoms. The molecule has 0 aromatic carbocycles. The number of methoxy groups -OCH3 is 1. The van der Waals surface area contributed by atoms with E-state index in [4.69, 9.17) is 18.9 Å². The molecular formula is C15H31NO4. The molecule has 0 aliphatic carbocycles. The highest BCUT2D eigenvalue weighted by Crippen LogP contribution is 2.31. The van der Waals surface area contributed by atoms with Crippen LogP contribution in [-0.2, 0) is 18.9 Å². The van der Waals surface area contributed by atoms with Crippen LogP contribution in [-0.4, -0.2) is 66.4 Å². The monoisotopic (exact) mass is 289 g/mol. The van der Waals surface area contributed by atoms with E-state index in [0.717, 1.165) is 45.8 Å². The molecule has 0 amide bonds. The van der Waals surface area contributed by atoms with Crippen LogP contribution in [0.3, 0.4) is 0 Å². The lowest BCUT2D eigenvalue weighted by Crippen LogP contribution is -2.36. The van der Waals surface area contributed by atoms with E-state index >= 15 is 0 Å². The van der Waals surface area contributed by atoms with Gasteiger partial charge in [-0.05, 0) is 25.8 Å². The topological polar surface area (TPSA) is 49.0 Å². The summed E-state index contributed by atoms with van der Waals surface area (Å²) in [6.45, 7) is 9.41. The number of ether oxygens (including phenoxy) is 4. The predicted molar refractivity (Wildman–Crippen MR) is 79.2 cm³/mol. The molecule has 0 spiro atoms. The van der Waals surface area contributed by atoms with Crippen molar-refractivity contribution >= 4 is 0 Å². The predicted octanol–water partition coefficient (Wildman–Crippen LogP) is 1.46. The van der Waals surface area contributed by atoms with Crippen molar-refractivity contribution in [3.8, 4) is 0 Å². The minimum absolute atomic E-state index is 0.270. The van der Waals surface area contributed by atoms with Gasteiger partial charge in [0, 0.05) is 32.3 Å². The van der Waals surface area contributed by atoms with Gasteiger partial charge in [0.25, 0.3) is 0 Å². The Morgan fingerprint density at radius 3 is 2.50 bits per heavy atom. The van der Waals surface area contributed by atoms with Gasteiger partial charge in [-0.1, -0.05) is 6.92 Å². The fourth-order valence-electron chi connectivity index (χ4n) is 2.36. The van der Waals surface area contributed by atoms with Gasteiger partial charge in [0.1, 0.15) is 0 Å². The Balaban J connectivity index is 2.04. The van der Waals surface area contributed by atoms with Crippen molar-refractivity contribution in [2.45, 2.75) is 26.2 Å². The summed E-state index contributed by atoms with van der Waals surface area (Å²) < 4.78 is 21.5. The Morgan fingerprint density at radius 2 is 1.85 bits per heavy atom. The summed E-state index contributed by atoms with van der Waals surface area (Å²) in [5, 5.41) is 3.52. The lowest BCUT2D eigenvalue weighted by atomic mass is 9.84. The molecule has 1 N–H and O–H groups in total. The third-order valence-electron chi connectivity index (χ3n) is 3.69. The summed E-state index contributed by atoms with van der Waals surface area (Å²) in [7, 11) is 1.68. The van der Waals surface area contributed by atoms with Gasteiger partial charge in [-0.15, -0.1) is 0 Å². The summed E-state index contributed by atoms with van der Waals surface area (Å²) in [4.78, 5) is 0. The molecule has 1 unspecified atom stereocenters. The van der Waals surface area contributed by atoms with E-state index in [1.165, 1.54) is 6.42 Å². The van der Waals surface area contributed by atoms with Crippen LogP contribution in [0.5, 0.6) is 0 Å². The first-order valence-electron chi connectivity index (χ1n) is 7.76. The summed E-state index contributed by atoms with van der Waals surface area (Å²) in [5.41, 5.74) is 0.270. The maximum Gasteiger partial charge on any atom is 0.0701 e. The van der Waals surface area contributed by atoms with Gasteiger partial charge >= 0.3 is 0 Å². The number of rotatable bonds is 13. The van der Waals surface area contributed by atoms with E-state index in [1.807, 2.05) is 0 Å². The SMILES string of the molecule is CCCNCC1(CCOCCOCCOC)CCOC1. The van der Waals surface area contributed by atoms with Crippen LogP contribution in [0.15, 0.2) is 0 Å². The number of hydrogen-bond acceptors (Lipinski definition) is 5. The van der Waals surface area contributed by atoms with Crippen LogP contribution >= 0.6 is 0 Å². The van der Waals surface area contributed by atoms with Crippen LogP contribution < -0.4 is 5.32 Å². The standard InChI is InChI=1S/C15H31NO4/c1-3-6-16-13-15(5-8-20-14-15)4-7-18-11-12-19-10-9-17-2/h16H,3-14H2,1-2H3. The minimum atomic E-state index is 0.270. The zero-order valence-corrected chi connectivity index (χ0v) is 13.1. The number of hydrogen-bond donors (Lipinski definition) is 1. The van der Waals surface area contributed by atoms with Crippen LogP contribution in [0.1, 0.15) is 26.2 Å². The average molecular weight is 289 g/mol. The van der Waals surface area contributed by atoms with Gasteiger partial charge in [-0.25, -0.2) is 0 Å². The van der Waals surface area contributed by atoms with Crippen molar-refractivity contribution in [1.82, 2.24) is 5.32 Å². The fourth-order valence-corrected chi connectivity index (χ4v) is 2.36. The fraction of sp³-hybridized carbons (Fsp3) is 1.00. The van der Waals surface area contributed by atoms with Gasteiger partial charge in [-0.2, -0.15) is 0 Å². The molecule has 0 aromatic rings. The van der Waals surface area contributed by atoms with E-state index in [-0.39, 0.29) is 5.41 Å². The Bertz CT molecular complexity index is 220. The van der Waals surface area contributed by atoms with E-state index < -0.39 is 0 Å². The van der Waals surface area contributed by atoms with E-state index in [9.17, 15) is 0 Å².